The van der Waals surface area contributed by atoms with Crippen molar-refractivity contribution in [2.24, 2.45) is 0 Å². The molecule has 0 atom stereocenters. The summed E-state index contributed by atoms with van der Waals surface area (Å²) in [6.45, 7) is -0.115. The standard InChI is InChI=1S/C28H23FN6O3S/c1-31-39(36,37)19-10-8-18(9-11-19)32-28-33-25-23(29)16-35(15-14-30)26(25)27(34-28)38-24-13-12-20(17-6-7-17)21-4-2-3-5-22(21)24/h2-5,8-13,16-17,31H,6-7,15H2,1H3,(H,32,33,34). The Bertz CT molecular complexity index is 1880. The Labute approximate surface area is 223 Å². The quantitative estimate of drug-likeness (QED) is 0.263. The number of nitrogens with zero attached hydrogens (tertiary/aromatic N) is 4. The Hall–Kier alpha value is -4.53. The summed E-state index contributed by atoms with van der Waals surface area (Å²) in [5.74, 6) is 0.601. The molecule has 0 aliphatic heterocycles. The fourth-order valence-corrected chi connectivity index (χ4v) is 5.38. The number of ether oxygens (including phenoxy) is 1. The van der Waals surface area contributed by atoms with Gasteiger partial charge >= 0.3 is 0 Å². The van der Waals surface area contributed by atoms with Gasteiger partial charge in [0.25, 0.3) is 0 Å². The van der Waals surface area contributed by atoms with E-state index in [1.807, 2.05) is 30.3 Å². The number of nitriles is 1. The number of hydrogen-bond donors (Lipinski definition) is 2. The highest BCUT2D eigenvalue weighted by Crippen LogP contribution is 2.45. The molecule has 6 rings (SSSR count). The van der Waals surface area contributed by atoms with E-state index in [0.29, 0.717) is 17.4 Å². The highest BCUT2D eigenvalue weighted by molar-refractivity contribution is 7.89. The number of aromatic nitrogens is 3. The van der Waals surface area contributed by atoms with Crippen molar-refractivity contribution in [3.8, 4) is 17.7 Å². The molecule has 1 fully saturated rings. The molecule has 1 saturated carbocycles. The van der Waals surface area contributed by atoms with Crippen molar-refractivity contribution in [3.05, 3.63) is 78.2 Å². The van der Waals surface area contributed by atoms with Gasteiger partial charge < -0.3 is 14.6 Å². The van der Waals surface area contributed by atoms with Crippen molar-refractivity contribution >= 4 is 43.5 Å². The summed E-state index contributed by atoms with van der Waals surface area (Å²) in [6.07, 6.45) is 3.52. The predicted molar refractivity (Wildman–Crippen MR) is 145 cm³/mol. The predicted octanol–water partition coefficient (Wildman–Crippen LogP) is 5.57. The van der Waals surface area contributed by atoms with Gasteiger partial charge in [-0.05, 0) is 67.1 Å². The van der Waals surface area contributed by atoms with E-state index in [-0.39, 0.29) is 34.3 Å². The first-order valence-corrected chi connectivity index (χ1v) is 13.8. The van der Waals surface area contributed by atoms with Crippen molar-refractivity contribution in [1.82, 2.24) is 19.3 Å². The zero-order valence-electron chi connectivity index (χ0n) is 20.8. The van der Waals surface area contributed by atoms with Gasteiger partial charge in [-0.3, -0.25) is 0 Å². The van der Waals surface area contributed by atoms with Gasteiger partial charge in [0.15, 0.2) is 5.82 Å². The molecule has 2 aromatic heterocycles. The van der Waals surface area contributed by atoms with Crippen molar-refractivity contribution in [1.29, 1.82) is 5.26 Å². The first kappa shape index (κ1) is 24.8. The molecule has 39 heavy (non-hydrogen) atoms. The molecule has 2 N–H and O–H groups in total. The van der Waals surface area contributed by atoms with Crippen LogP contribution in [-0.4, -0.2) is 30.0 Å². The number of nitrogens with one attached hydrogen (secondary N) is 2. The Morgan fingerprint density at radius 1 is 1.08 bits per heavy atom. The van der Waals surface area contributed by atoms with Gasteiger partial charge in [-0.25, -0.2) is 22.5 Å². The maximum atomic E-state index is 15.0. The maximum Gasteiger partial charge on any atom is 0.249 e. The highest BCUT2D eigenvalue weighted by atomic mass is 32.2. The van der Waals surface area contributed by atoms with Crippen LogP contribution in [-0.2, 0) is 16.6 Å². The lowest BCUT2D eigenvalue weighted by molar-refractivity contribution is 0.471. The van der Waals surface area contributed by atoms with Crippen molar-refractivity contribution in [2.45, 2.75) is 30.2 Å². The lowest BCUT2D eigenvalue weighted by Crippen LogP contribution is -2.18. The second-order valence-corrected chi connectivity index (χ2v) is 11.1. The van der Waals surface area contributed by atoms with Crippen LogP contribution in [0.3, 0.4) is 0 Å². The summed E-state index contributed by atoms with van der Waals surface area (Å²) in [6, 6.07) is 19.9. The minimum absolute atomic E-state index is 0.00830. The second kappa shape index (κ2) is 9.65. The molecular formula is C28H23FN6O3S. The molecule has 0 spiro atoms. The van der Waals surface area contributed by atoms with Crippen LogP contribution in [0.2, 0.25) is 0 Å². The molecule has 0 unspecified atom stereocenters. The molecule has 0 bridgehead atoms. The number of fused-ring (bicyclic) bond motifs is 2. The summed E-state index contributed by atoms with van der Waals surface area (Å²) >= 11 is 0. The maximum absolute atomic E-state index is 15.0. The van der Waals surface area contributed by atoms with E-state index in [2.05, 4.69) is 32.1 Å². The average molecular weight is 543 g/mol. The molecule has 1 aliphatic rings. The Balaban J connectivity index is 1.44. The van der Waals surface area contributed by atoms with Gasteiger partial charge in [0.05, 0.1) is 11.0 Å². The molecule has 3 aromatic carbocycles. The second-order valence-electron chi connectivity index (χ2n) is 9.24. The SMILES string of the molecule is CNS(=O)(=O)c1ccc(Nc2nc(Oc3ccc(C4CC4)c4ccccc34)c3c(n2)c(F)cn3CC#N)cc1. The van der Waals surface area contributed by atoms with E-state index in [9.17, 15) is 13.7 Å². The van der Waals surface area contributed by atoms with Crippen LogP contribution in [0.15, 0.2) is 71.8 Å². The van der Waals surface area contributed by atoms with Crippen LogP contribution in [0.4, 0.5) is 16.0 Å². The summed E-state index contributed by atoms with van der Waals surface area (Å²) in [5, 5.41) is 14.3. The summed E-state index contributed by atoms with van der Waals surface area (Å²) < 4.78 is 49.1. The summed E-state index contributed by atoms with van der Waals surface area (Å²) in [7, 11) is -2.26. The summed E-state index contributed by atoms with van der Waals surface area (Å²) in [5.41, 5.74) is 2.01. The van der Waals surface area contributed by atoms with Crippen LogP contribution in [0, 0.1) is 17.1 Å². The monoisotopic (exact) mass is 542 g/mol. The smallest absolute Gasteiger partial charge is 0.249 e. The number of sulfonamides is 1. The van der Waals surface area contributed by atoms with Gasteiger partial charge in [-0.15, -0.1) is 0 Å². The van der Waals surface area contributed by atoms with Crippen LogP contribution < -0.4 is 14.8 Å². The molecule has 0 radical (unpaired) electrons. The Kier molecular flexibility index (Phi) is 6.13. The fourth-order valence-electron chi connectivity index (χ4n) is 4.65. The van der Waals surface area contributed by atoms with Gasteiger partial charge in [-0.2, -0.15) is 10.2 Å². The van der Waals surface area contributed by atoms with Crippen LogP contribution in [0.25, 0.3) is 21.8 Å². The largest absolute Gasteiger partial charge is 0.436 e. The van der Waals surface area contributed by atoms with Crippen molar-refractivity contribution in [3.63, 3.8) is 0 Å². The van der Waals surface area contributed by atoms with Crippen molar-refractivity contribution < 1.29 is 17.5 Å². The third kappa shape index (κ3) is 4.65. The molecule has 2 heterocycles. The molecule has 9 nitrogen and oxygen atoms in total. The van der Waals surface area contributed by atoms with Gasteiger partial charge in [-0.1, -0.05) is 30.3 Å². The molecular weight excluding hydrogens is 519 g/mol. The molecule has 0 saturated heterocycles. The molecule has 11 heteroatoms. The zero-order chi connectivity index (χ0) is 27.1. The van der Waals surface area contributed by atoms with Gasteiger partial charge in [0, 0.05) is 17.3 Å². The van der Waals surface area contributed by atoms with Crippen molar-refractivity contribution in [2.75, 3.05) is 12.4 Å². The van der Waals surface area contributed by atoms with Gasteiger partial charge in [0.2, 0.25) is 21.9 Å². The lowest BCUT2D eigenvalue weighted by Gasteiger charge is -2.14. The van der Waals surface area contributed by atoms with E-state index >= 15 is 4.39 Å². The van der Waals surface area contributed by atoms with Crippen LogP contribution >= 0.6 is 0 Å². The molecule has 1 aliphatic carbocycles. The molecule has 5 aromatic rings. The minimum Gasteiger partial charge on any atom is -0.436 e. The molecule has 196 valence electrons. The number of hydrogen-bond acceptors (Lipinski definition) is 7. The Morgan fingerprint density at radius 2 is 1.82 bits per heavy atom. The van der Waals surface area contributed by atoms with E-state index in [1.54, 1.807) is 12.1 Å². The number of anilines is 2. The number of halogens is 1. The zero-order valence-corrected chi connectivity index (χ0v) is 21.7. The number of benzene rings is 3. The highest BCUT2D eigenvalue weighted by Gasteiger charge is 2.26. The first-order valence-electron chi connectivity index (χ1n) is 12.3. The average Bonchev–Trinajstić information content (AvgIpc) is 3.74. The van der Waals surface area contributed by atoms with Crippen LogP contribution in [0.1, 0.15) is 24.3 Å². The first-order chi connectivity index (χ1) is 18.9. The van der Waals surface area contributed by atoms with E-state index in [4.69, 9.17) is 4.74 Å². The minimum atomic E-state index is -3.60. The Morgan fingerprint density at radius 3 is 2.51 bits per heavy atom. The van der Waals surface area contributed by atoms with E-state index in [1.165, 1.54) is 35.5 Å². The lowest BCUT2D eigenvalue weighted by atomic mass is 10.0. The number of rotatable bonds is 8. The van der Waals surface area contributed by atoms with Crippen LogP contribution in [0.5, 0.6) is 11.6 Å². The third-order valence-electron chi connectivity index (χ3n) is 6.71. The molecule has 0 amide bonds. The van der Waals surface area contributed by atoms with E-state index in [0.717, 1.165) is 23.6 Å². The normalized spacial score (nSPS) is 13.5. The topological polar surface area (TPSA) is 122 Å². The van der Waals surface area contributed by atoms with E-state index < -0.39 is 15.8 Å². The van der Waals surface area contributed by atoms with Gasteiger partial charge in [0.1, 0.15) is 23.3 Å². The fraction of sp³-hybridized carbons (Fsp3) is 0.179. The third-order valence-corrected chi connectivity index (χ3v) is 8.14. The summed E-state index contributed by atoms with van der Waals surface area (Å²) in [4.78, 5) is 8.97.